The summed E-state index contributed by atoms with van der Waals surface area (Å²) in [7, 11) is 0. The van der Waals surface area contributed by atoms with Crippen LogP contribution in [0.25, 0.3) is 0 Å². The van der Waals surface area contributed by atoms with E-state index in [2.05, 4.69) is 0 Å². The minimum absolute atomic E-state index is 0.0410. The minimum atomic E-state index is -0.730. The molecule has 2 fully saturated rings. The van der Waals surface area contributed by atoms with E-state index in [0.29, 0.717) is 24.8 Å². The molecule has 0 unspecified atom stereocenters. The minimum Gasteiger partial charge on any atom is -0.458 e. The van der Waals surface area contributed by atoms with E-state index in [1.54, 1.807) is 30.3 Å². The molecule has 1 heterocycles. The first-order valence-corrected chi connectivity index (χ1v) is 9.98. The average Bonchev–Trinajstić information content (AvgIpc) is 3.27. The summed E-state index contributed by atoms with van der Waals surface area (Å²) in [4.78, 5) is 36.3. The van der Waals surface area contributed by atoms with Crippen molar-refractivity contribution in [3.63, 3.8) is 0 Å². The number of carbonyl (C=O) groups excluding carboxylic acids is 3. The number of fused-ring (bicyclic) bond motifs is 1. The lowest BCUT2D eigenvalue weighted by Gasteiger charge is -2.19. The van der Waals surface area contributed by atoms with Gasteiger partial charge in [-0.2, -0.15) is 0 Å². The van der Waals surface area contributed by atoms with Crippen LogP contribution in [0.2, 0.25) is 0 Å². The van der Waals surface area contributed by atoms with Crippen LogP contribution < -0.4 is 0 Å². The molecule has 2 aliphatic rings. The Labute approximate surface area is 174 Å². The van der Waals surface area contributed by atoms with Gasteiger partial charge in [-0.3, -0.25) is 4.79 Å². The summed E-state index contributed by atoms with van der Waals surface area (Å²) in [5, 5.41) is 0. The van der Waals surface area contributed by atoms with Gasteiger partial charge in [-0.15, -0.1) is 0 Å². The van der Waals surface area contributed by atoms with E-state index in [1.807, 2.05) is 36.4 Å². The number of hydrogen-bond donors (Lipinski definition) is 0. The van der Waals surface area contributed by atoms with Crippen molar-refractivity contribution in [3.05, 3.63) is 83.9 Å². The number of aryl methyl sites for hydroxylation is 1. The molecule has 0 amide bonds. The maximum Gasteiger partial charge on any atom is 0.509 e. The van der Waals surface area contributed by atoms with Crippen molar-refractivity contribution in [1.82, 2.24) is 0 Å². The molecule has 6 heteroatoms. The molecular formula is C24H22O6. The molecule has 4 rings (SSSR count). The Hall–Kier alpha value is -3.41. The van der Waals surface area contributed by atoms with Crippen LogP contribution in [0.4, 0.5) is 4.79 Å². The summed E-state index contributed by atoms with van der Waals surface area (Å²) in [6.07, 6.45) is 2.20. The van der Waals surface area contributed by atoms with E-state index in [9.17, 15) is 14.4 Å². The summed E-state index contributed by atoms with van der Waals surface area (Å²) < 4.78 is 16.1. The molecular weight excluding hydrogens is 384 g/mol. The van der Waals surface area contributed by atoms with Crippen LogP contribution in [0, 0.1) is 5.92 Å². The van der Waals surface area contributed by atoms with Crippen molar-refractivity contribution >= 4 is 17.9 Å². The number of rotatable bonds is 7. The van der Waals surface area contributed by atoms with Crippen LogP contribution in [0.5, 0.6) is 0 Å². The van der Waals surface area contributed by atoms with Crippen LogP contribution in [0.15, 0.2) is 72.8 Å². The molecule has 2 aromatic rings. The molecule has 1 aliphatic heterocycles. The molecule has 6 nitrogen and oxygen atoms in total. The summed E-state index contributed by atoms with van der Waals surface area (Å²) in [6.45, 7) is 0. The van der Waals surface area contributed by atoms with Crippen LogP contribution in [0.1, 0.15) is 28.8 Å². The molecule has 0 N–H and O–H groups in total. The number of benzene rings is 2. The zero-order chi connectivity index (χ0) is 20.9. The van der Waals surface area contributed by atoms with Crippen molar-refractivity contribution < 1.29 is 28.6 Å². The van der Waals surface area contributed by atoms with E-state index >= 15 is 0 Å². The highest BCUT2D eigenvalue weighted by Gasteiger charge is 2.52. The SMILES string of the molecule is O=C(/C=C\[C@@H]1[C@H]2OC(=O)O[C@H]2C[C@H]1OC(=O)c1ccccc1)CCc1ccccc1. The van der Waals surface area contributed by atoms with Gasteiger partial charge >= 0.3 is 12.1 Å². The number of ketones is 1. The maximum atomic E-state index is 12.5. The third kappa shape index (κ3) is 4.59. The van der Waals surface area contributed by atoms with Crippen molar-refractivity contribution in [1.29, 1.82) is 0 Å². The lowest BCUT2D eigenvalue weighted by Crippen LogP contribution is -2.28. The summed E-state index contributed by atoms with van der Waals surface area (Å²) in [5.41, 5.74) is 1.53. The highest BCUT2D eigenvalue weighted by atomic mass is 16.8. The Morgan fingerprint density at radius 3 is 2.43 bits per heavy atom. The quantitative estimate of drug-likeness (QED) is 0.513. The number of allylic oxidation sites excluding steroid dienone is 1. The normalized spacial score (nSPS) is 24.9. The second-order valence-corrected chi connectivity index (χ2v) is 7.42. The second kappa shape index (κ2) is 8.95. The fraction of sp³-hybridized carbons (Fsp3) is 0.292. The molecule has 154 valence electrons. The van der Waals surface area contributed by atoms with Crippen molar-refractivity contribution in [2.45, 2.75) is 37.6 Å². The van der Waals surface area contributed by atoms with Gasteiger partial charge in [0.15, 0.2) is 11.9 Å². The number of ether oxygens (including phenoxy) is 3. The highest BCUT2D eigenvalue weighted by Crippen LogP contribution is 2.38. The third-order valence-electron chi connectivity index (χ3n) is 5.39. The third-order valence-corrected chi connectivity index (χ3v) is 5.39. The summed E-state index contributed by atoms with van der Waals surface area (Å²) in [6, 6.07) is 18.4. The van der Waals surface area contributed by atoms with E-state index in [4.69, 9.17) is 14.2 Å². The largest absolute Gasteiger partial charge is 0.509 e. The predicted molar refractivity (Wildman–Crippen MR) is 108 cm³/mol. The van der Waals surface area contributed by atoms with Crippen molar-refractivity contribution in [2.75, 3.05) is 0 Å². The molecule has 30 heavy (non-hydrogen) atoms. The molecule has 4 atom stereocenters. The van der Waals surface area contributed by atoms with Gasteiger partial charge in [-0.05, 0) is 30.2 Å². The number of hydrogen-bond acceptors (Lipinski definition) is 6. The number of esters is 1. The van der Waals surface area contributed by atoms with E-state index in [1.165, 1.54) is 6.08 Å². The lowest BCUT2D eigenvalue weighted by atomic mass is 10.0. The standard InChI is InChI=1S/C24H22O6/c25-18(12-11-16-7-3-1-4-8-16)13-14-19-20(15-21-22(19)30-24(27)29-21)28-23(26)17-9-5-2-6-10-17/h1-10,13-14,19-22H,11-12,15H2/b14-13-/t19-,20+,21-,22+/m0/s1. The van der Waals surface area contributed by atoms with E-state index in [-0.39, 0.29) is 5.78 Å². The topological polar surface area (TPSA) is 78.9 Å². The van der Waals surface area contributed by atoms with Gasteiger partial charge in [0.2, 0.25) is 0 Å². The zero-order valence-electron chi connectivity index (χ0n) is 16.3. The molecule has 0 bridgehead atoms. The molecule has 1 aliphatic carbocycles. The zero-order valence-corrected chi connectivity index (χ0v) is 16.3. The first-order chi connectivity index (χ1) is 14.6. The fourth-order valence-corrected chi connectivity index (χ4v) is 3.87. The Morgan fingerprint density at radius 2 is 1.70 bits per heavy atom. The lowest BCUT2D eigenvalue weighted by molar-refractivity contribution is -0.114. The Bertz CT molecular complexity index is 937. The first kappa shape index (κ1) is 19.9. The summed E-state index contributed by atoms with van der Waals surface area (Å²) in [5.74, 6) is -0.934. The van der Waals surface area contributed by atoms with Gasteiger partial charge in [0.05, 0.1) is 11.5 Å². The molecule has 1 saturated heterocycles. The highest BCUT2D eigenvalue weighted by molar-refractivity contribution is 5.90. The van der Waals surface area contributed by atoms with Gasteiger partial charge < -0.3 is 14.2 Å². The maximum absolute atomic E-state index is 12.5. The van der Waals surface area contributed by atoms with Crippen molar-refractivity contribution in [2.24, 2.45) is 5.92 Å². The van der Waals surface area contributed by atoms with Gasteiger partial charge in [0.1, 0.15) is 12.2 Å². The predicted octanol–water partition coefficient (Wildman–Crippen LogP) is 3.89. The Kier molecular flexibility index (Phi) is 5.93. The summed E-state index contributed by atoms with van der Waals surface area (Å²) >= 11 is 0. The van der Waals surface area contributed by atoms with Crippen LogP contribution in [-0.2, 0) is 25.4 Å². The van der Waals surface area contributed by atoms with Crippen LogP contribution >= 0.6 is 0 Å². The van der Waals surface area contributed by atoms with Crippen LogP contribution in [0.3, 0.4) is 0 Å². The molecule has 2 aromatic carbocycles. The van der Waals surface area contributed by atoms with Crippen LogP contribution in [-0.4, -0.2) is 36.2 Å². The Balaban J connectivity index is 1.42. The molecule has 0 spiro atoms. The van der Waals surface area contributed by atoms with Gasteiger partial charge in [0, 0.05) is 12.8 Å². The smallest absolute Gasteiger partial charge is 0.458 e. The van der Waals surface area contributed by atoms with Gasteiger partial charge in [-0.25, -0.2) is 9.59 Å². The first-order valence-electron chi connectivity index (χ1n) is 9.98. The molecule has 1 saturated carbocycles. The van der Waals surface area contributed by atoms with Crippen molar-refractivity contribution in [3.8, 4) is 0 Å². The molecule has 0 aromatic heterocycles. The molecule has 0 radical (unpaired) electrons. The number of carbonyl (C=O) groups is 3. The van der Waals surface area contributed by atoms with E-state index < -0.39 is 36.4 Å². The van der Waals surface area contributed by atoms with E-state index in [0.717, 1.165) is 5.56 Å². The second-order valence-electron chi connectivity index (χ2n) is 7.42. The fourth-order valence-electron chi connectivity index (χ4n) is 3.87. The van der Waals surface area contributed by atoms with Gasteiger partial charge in [0.25, 0.3) is 0 Å². The monoisotopic (exact) mass is 406 g/mol. The average molecular weight is 406 g/mol. The Morgan fingerprint density at radius 1 is 1.00 bits per heavy atom. The van der Waals surface area contributed by atoms with Gasteiger partial charge in [-0.1, -0.05) is 54.6 Å².